The van der Waals surface area contributed by atoms with Crippen LogP contribution in [-0.2, 0) is 7.05 Å². The zero-order valence-corrected chi connectivity index (χ0v) is 8.55. The molecule has 0 saturated carbocycles. The summed E-state index contributed by atoms with van der Waals surface area (Å²) in [7, 11) is 1.67. The molecule has 5 heteroatoms. The van der Waals surface area contributed by atoms with E-state index in [4.69, 9.17) is 0 Å². The minimum absolute atomic E-state index is 0.333. The molecule has 2 rings (SSSR count). The Bertz CT molecular complexity index is 587. The molecule has 1 heterocycles. The van der Waals surface area contributed by atoms with Crippen molar-refractivity contribution in [2.75, 3.05) is 0 Å². The monoisotopic (exact) mass is 220 g/mol. The lowest BCUT2D eigenvalue weighted by Crippen LogP contribution is -1.93. The van der Waals surface area contributed by atoms with Crippen molar-refractivity contribution in [3.63, 3.8) is 0 Å². The van der Waals surface area contributed by atoms with E-state index in [9.17, 15) is 14.5 Å². The molecule has 0 aliphatic rings. The molecular weight excluding hydrogens is 211 g/mol. The molecule has 0 spiro atoms. The van der Waals surface area contributed by atoms with Crippen molar-refractivity contribution < 1.29 is 9.31 Å². The molecule has 0 aliphatic heterocycles. The predicted octanol–water partition coefficient (Wildman–Crippen LogP) is 2.56. The summed E-state index contributed by atoms with van der Waals surface area (Å²) in [6.45, 7) is 0. The summed E-state index contributed by atoms with van der Waals surface area (Å²) in [4.78, 5) is 9.65. The molecule has 0 N–H and O–H groups in total. The minimum Gasteiger partial charge on any atom is -0.342 e. The molecule has 0 bridgehead atoms. The molecule has 82 valence electrons. The van der Waals surface area contributed by atoms with Crippen LogP contribution in [-0.4, -0.2) is 9.49 Å². The number of aromatic nitrogens is 1. The minimum atomic E-state index is -0.548. The molecule has 16 heavy (non-hydrogen) atoms. The van der Waals surface area contributed by atoms with Crippen molar-refractivity contribution in [2.24, 2.45) is 7.05 Å². The molecule has 0 unspecified atom stereocenters. The van der Waals surface area contributed by atoms with Crippen LogP contribution in [0.2, 0.25) is 0 Å². The van der Waals surface area contributed by atoms with Gasteiger partial charge in [0.15, 0.2) is 0 Å². The fourth-order valence-corrected chi connectivity index (χ4v) is 1.68. The van der Waals surface area contributed by atoms with Crippen LogP contribution in [0, 0.1) is 15.9 Å². The molecule has 0 saturated heterocycles. The largest absolute Gasteiger partial charge is 0.342 e. The summed E-state index contributed by atoms with van der Waals surface area (Å²) < 4.78 is 15.1. The molecule has 0 radical (unpaired) electrons. The topological polar surface area (TPSA) is 48.1 Å². The summed E-state index contributed by atoms with van der Waals surface area (Å²) >= 11 is 0. The van der Waals surface area contributed by atoms with Gasteiger partial charge in [-0.15, -0.1) is 0 Å². The number of para-hydroxylation sites is 1. The van der Waals surface area contributed by atoms with Gasteiger partial charge in [-0.3, -0.25) is 10.1 Å². The Morgan fingerprint density at radius 1 is 1.50 bits per heavy atom. The Hall–Kier alpha value is -2.17. The highest BCUT2D eigenvalue weighted by Crippen LogP contribution is 2.22. The number of aryl methyl sites for hydroxylation is 1. The highest BCUT2D eigenvalue weighted by atomic mass is 19.1. The molecule has 1 aromatic carbocycles. The lowest BCUT2D eigenvalue weighted by molar-refractivity contribution is -0.401. The van der Waals surface area contributed by atoms with E-state index in [2.05, 4.69) is 0 Å². The van der Waals surface area contributed by atoms with Crippen LogP contribution in [0.25, 0.3) is 17.0 Å². The van der Waals surface area contributed by atoms with Gasteiger partial charge in [-0.25, -0.2) is 4.39 Å². The molecule has 4 nitrogen and oxygen atoms in total. The van der Waals surface area contributed by atoms with Gasteiger partial charge in [0.1, 0.15) is 5.82 Å². The summed E-state index contributed by atoms with van der Waals surface area (Å²) in [5.74, 6) is -0.333. The number of benzene rings is 1. The maximum atomic E-state index is 13.5. The summed E-state index contributed by atoms with van der Waals surface area (Å²) in [6.07, 6.45) is 2.19. The lowest BCUT2D eigenvalue weighted by atomic mass is 10.2. The van der Waals surface area contributed by atoms with E-state index >= 15 is 0 Å². The fraction of sp³-hybridized carbons (Fsp3) is 0.0909. The third kappa shape index (κ3) is 1.67. The van der Waals surface area contributed by atoms with E-state index in [0.29, 0.717) is 11.2 Å². The molecule has 0 amide bonds. The average Bonchev–Trinajstić information content (AvgIpc) is 2.54. The molecular formula is C11H9FN2O2. The van der Waals surface area contributed by atoms with Gasteiger partial charge in [-0.2, -0.15) is 0 Å². The molecule has 1 aromatic heterocycles. The fourth-order valence-electron chi connectivity index (χ4n) is 1.68. The quantitative estimate of drug-likeness (QED) is 0.576. The maximum Gasteiger partial charge on any atom is 0.236 e. The maximum absolute atomic E-state index is 13.5. The van der Waals surface area contributed by atoms with Crippen molar-refractivity contribution >= 4 is 17.0 Å². The van der Waals surface area contributed by atoms with Crippen molar-refractivity contribution in [3.8, 4) is 0 Å². The van der Waals surface area contributed by atoms with Crippen molar-refractivity contribution in [2.45, 2.75) is 0 Å². The van der Waals surface area contributed by atoms with Crippen molar-refractivity contribution in [3.05, 3.63) is 52.1 Å². The first-order chi connectivity index (χ1) is 7.59. The van der Waals surface area contributed by atoms with Gasteiger partial charge in [-0.1, -0.05) is 12.1 Å². The van der Waals surface area contributed by atoms with Crippen LogP contribution >= 0.6 is 0 Å². The predicted molar refractivity (Wildman–Crippen MR) is 58.9 cm³/mol. The van der Waals surface area contributed by atoms with E-state index in [1.54, 1.807) is 29.8 Å². The first kappa shape index (κ1) is 10.4. The van der Waals surface area contributed by atoms with Gasteiger partial charge in [0.05, 0.1) is 10.4 Å². The Morgan fingerprint density at radius 2 is 2.25 bits per heavy atom. The highest BCUT2D eigenvalue weighted by molar-refractivity contribution is 5.84. The van der Waals surface area contributed by atoms with Crippen LogP contribution in [0.1, 0.15) is 5.69 Å². The van der Waals surface area contributed by atoms with E-state index in [-0.39, 0.29) is 5.82 Å². The van der Waals surface area contributed by atoms with E-state index in [0.717, 1.165) is 11.6 Å². The van der Waals surface area contributed by atoms with Gasteiger partial charge >= 0.3 is 0 Å². The first-order valence-corrected chi connectivity index (χ1v) is 4.65. The number of rotatable bonds is 2. The van der Waals surface area contributed by atoms with Crippen LogP contribution in [0.15, 0.2) is 30.5 Å². The number of nitro groups is 1. The standard InChI is InChI=1S/C11H9FN2O2/c1-13-9(5-6-14(15)16)7-8-3-2-4-10(12)11(8)13/h2-7H,1H3. The summed E-state index contributed by atoms with van der Waals surface area (Å²) in [5, 5.41) is 10.9. The Balaban J connectivity index is 2.61. The molecule has 0 atom stereocenters. The lowest BCUT2D eigenvalue weighted by Gasteiger charge is -1.99. The zero-order valence-electron chi connectivity index (χ0n) is 8.55. The second kappa shape index (κ2) is 3.77. The smallest absolute Gasteiger partial charge is 0.236 e. The van der Waals surface area contributed by atoms with Gasteiger partial charge < -0.3 is 4.57 Å². The average molecular weight is 220 g/mol. The highest BCUT2D eigenvalue weighted by Gasteiger charge is 2.07. The number of hydrogen-bond acceptors (Lipinski definition) is 2. The number of nitrogens with zero attached hydrogens (tertiary/aromatic N) is 2. The molecule has 2 aromatic rings. The van der Waals surface area contributed by atoms with E-state index in [1.807, 2.05) is 0 Å². The second-order valence-corrected chi connectivity index (χ2v) is 3.41. The van der Waals surface area contributed by atoms with Crippen molar-refractivity contribution in [1.82, 2.24) is 4.57 Å². The van der Waals surface area contributed by atoms with Gasteiger partial charge in [-0.05, 0) is 12.1 Å². The zero-order chi connectivity index (χ0) is 11.7. The first-order valence-electron chi connectivity index (χ1n) is 4.65. The van der Waals surface area contributed by atoms with Crippen molar-refractivity contribution in [1.29, 1.82) is 0 Å². The van der Waals surface area contributed by atoms with Crippen LogP contribution in [0.4, 0.5) is 4.39 Å². The summed E-state index contributed by atoms with van der Waals surface area (Å²) in [5.41, 5.74) is 1.04. The second-order valence-electron chi connectivity index (χ2n) is 3.41. The van der Waals surface area contributed by atoms with Gasteiger partial charge in [0, 0.05) is 24.2 Å². The van der Waals surface area contributed by atoms with Gasteiger partial charge in [0.25, 0.3) is 0 Å². The van der Waals surface area contributed by atoms with Crippen LogP contribution in [0.5, 0.6) is 0 Å². The molecule has 0 fully saturated rings. The van der Waals surface area contributed by atoms with Crippen LogP contribution < -0.4 is 0 Å². The third-order valence-electron chi connectivity index (χ3n) is 2.41. The Kier molecular flexibility index (Phi) is 2.44. The molecule has 0 aliphatic carbocycles. The SMILES string of the molecule is Cn1c(C=C[N+](=O)[O-])cc2cccc(F)c21. The summed E-state index contributed by atoms with van der Waals surface area (Å²) in [6, 6.07) is 6.45. The number of halogens is 1. The van der Waals surface area contributed by atoms with E-state index in [1.165, 1.54) is 12.1 Å². The van der Waals surface area contributed by atoms with E-state index < -0.39 is 4.92 Å². The van der Waals surface area contributed by atoms with Crippen LogP contribution in [0.3, 0.4) is 0 Å². The Labute approximate surface area is 90.8 Å². The number of fused-ring (bicyclic) bond motifs is 1. The third-order valence-corrected chi connectivity index (χ3v) is 2.41. The van der Waals surface area contributed by atoms with Gasteiger partial charge in [0.2, 0.25) is 6.20 Å². The Morgan fingerprint density at radius 3 is 2.88 bits per heavy atom. The number of hydrogen-bond donors (Lipinski definition) is 0. The normalized spacial score (nSPS) is 11.4.